The third-order valence-electron chi connectivity index (χ3n) is 2.15. The summed E-state index contributed by atoms with van der Waals surface area (Å²) < 4.78 is 0. The molecule has 0 amide bonds. The molecule has 1 aromatic carbocycles. The molecular weight excluding hydrogens is 168 g/mol. The average Bonchev–Trinajstić information content (AvgIpc) is 2.62. The van der Waals surface area contributed by atoms with Gasteiger partial charge in [-0.1, -0.05) is 18.2 Å². The van der Waals surface area contributed by atoms with E-state index in [1.165, 1.54) is 16.9 Å². The fourth-order valence-electron chi connectivity index (χ4n) is 1.57. The monoisotopic (exact) mass is 176 g/mol. The molecule has 0 atom stereocenters. The van der Waals surface area contributed by atoms with Crippen molar-refractivity contribution in [2.75, 3.05) is 11.3 Å². The first kappa shape index (κ1) is 6.43. The summed E-state index contributed by atoms with van der Waals surface area (Å²) in [6, 6.07) is 8.40. The molecule has 2 aliphatic rings. The van der Waals surface area contributed by atoms with E-state index in [-0.39, 0.29) is 0 Å². The van der Waals surface area contributed by atoms with Gasteiger partial charge in [0, 0.05) is 5.56 Å². The van der Waals surface area contributed by atoms with E-state index >= 15 is 0 Å². The lowest BCUT2D eigenvalue weighted by Crippen LogP contribution is -2.18. The van der Waals surface area contributed by atoms with E-state index in [1.54, 1.807) is 0 Å². The molecule has 0 bridgehead atoms. The average molecular weight is 176 g/mol. The fourth-order valence-corrected chi connectivity index (χ4v) is 2.41. The van der Waals surface area contributed by atoms with Crippen LogP contribution in [-0.2, 0) is 0 Å². The van der Waals surface area contributed by atoms with Crippen molar-refractivity contribution in [1.29, 1.82) is 0 Å². The van der Waals surface area contributed by atoms with E-state index in [2.05, 4.69) is 40.1 Å². The zero-order valence-electron chi connectivity index (χ0n) is 6.45. The topological polar surface area (TPSA) is 15.3 Å². The first-order valence-corrected chi connectivity index (χ1v) is 4.95. The minimum absolute atomic E-state index is 1.02. The van der Waals surface area contributed by atoms with Crippen molar-refractivity contribution in [3.05, 3.63) is 35.2 Å². The maximum Gasteiger partial charge on any atom is 0.0889 e. The van der Waals surface area contributed by atoms with Crippen molar-refractivity contribution in [3.8, 4) is 0 Å². The molecule has 0 aromatic heterocycles. The molecule has 3 heteroatoms. The maximum atomic E-state index is 3.34. The molecule has 1 aromatic rings. The lowest BCUT2D eigenvalue weighted by atomic mass is 10.1. The van der Waals surface area contributed by atoms with Crippen molar-refractivity contribution in [1.82, 2.24) is 5.01 Å². The first-order valence-electron chi connectivity index (χ1n) is 3.90. The number of hydrogen-bond acceptors (Lipinski definition) is 3. The normalized spacial score (nSPS) is 18.3. The molecule has 0 saturated carbocycles. The third kappa shape index (κ3) is 0.716. The van der Waals surface area contributed by atoms with Gasteiger partial charge < -0.3 is 0 Å². The number of hydrogen-bond donors (Lipinski definition) is 1. The fraction of sp³-hybridized carbons (Fsp3) is 0.111. The Morgan fingerprint density at radius 1 is 1.33 bits per heavy atom. The van der Waals surface area contributed by atoms with Gasteiger partial charge in [-0.15, -0.1) is 11.8 Å². The second-order valence-corrected chi connectivity index (χ2v) is 3.71. The smallest absolute Gasteiger partial charge is 0.0889 e. The quantitative estimate of drug-likeness (QED) is 0.653. The highest BCUT2D eigenvalue weighted by Crippen LogP contribution is 2.39. The number of hydrazine groups is 1. The van der Waals surface area contributed by atoms with Gasteiger partial charge in [0.05, 0.1) is 17.3 Å². The summed E-state index contributed by atoms with van der Waals surface area (Å²) in [5.41, 5.74) is 7.20. The van der Waals surface area contributed by atoms with Gasteiger partial charge >= 0.3 is 0 Å². The van der Waals surface area contributed by atoms with Gasteiger partial charge in [-0.05, 0) is 11.5 Å². The van der Waals surface area contributed by atoms with Crippen molar-refractivity contribution in [3.63, 3.8) is 0 Å². The summed E-state index contributed by atoms with van der Waals surface area (Å²) >= 11 is 1.83. The van der Waals surface area contributed by atoms with Gasteiger partial charge in [0.15, 0.2) is 0 Å². The van der Waals surface area contributed by atoms with Crippen molar-refractivity contribution in [2.24, 2.45) is 0 Å². The molecule has 60 valence electrons. The van der Waals surface area contributed by atoms with E-state index in [0.29, 0.717) is 0 Å². The number of rotatable bonds is 0. The Bertz CT molecular complexity index is 359. The summed E-state index contributed by atoms with van der Waals surface area (Å²) in [5, 5.41) is 4.38. The van der Waals surface area contributed by atoms with Gasteiger partial charge in [-0.25, -0.2) is 0 Å². The Labute approximate surface area is 75.2 Å². The van der Waals surface area contributed by atoms with Crippen LogP contribution in [-0.4, -0.2) is 10.9 Å². The number of thioether (sulfide) groups is 1. The summed E-state index contributed by atoms with van der Waals surface area (Å²) in [6.45, 7) is 0. The first-order chi connectivity index (χ1) is 5.95. The molecule has 1 N–H and O–H groups in total. The molecular formula is C9H8N2S. The largest absolute Gasteiger partial charge is 0.297 e. The lowest BCUT2D eigenvalue weighted by molar-refractivity contribution is 0.585. The van der Waals surface area contributed by atoms with Crippen LogP contribution in [0.2, 0.25) is 0 Å². The van der Waals surface area contributed by atoms with Gasteiger partial charge in [0.1, 0.15) is 0 Å². The standard InChI is InChI=1S/C9H8N2S/c1-2-4-8-7(3-1)9-5-12-6-11(9)10-8/h1-5,10H,6H2. The van der Waals surface area contributed by atoms with Crippen LogP contribution in [0.4, 0.5) is 5.69 Å². The minimum atomic E-state index is 1.02. The molecule has 0 aliphatic carbocycles. The maximum absolute atomic E-state index is 3.34. The Morgan fingerprint density at radius 2 is 2.25 bits per heavy atom. The van der Waals surface area contributed by atoms with Crippen LogP contribution < -0.4 is 5.43 Å². The van der Waals surface area contributed by atoms with Gasteiger partial charge in [-0.3, -0.25) is 10.4 Å². The molecule has 0 saturated heterocycles. The Morgan fingerprint density at radius 3 is 3.25 bits per heavy atom. The van der Waals surface area contributed by atoms with E-state index in [1.807, 2.05) is 11.8 Å². The summed E-state index contributed by atoms with van der Waals surface area (Å²) in [6.07, 6.45) is 0. The number of benzene rings is 1. The summed E-state index contributed by atoms with van der Waals surface area (Å²) in [5.74, 6) is 1.02. The summed E-state index contributed by atoms with van der Waals surface area (Å²) in [4.78, 5) is 0. The molecule has 0 unspecified atom stereocenters. The minimum Gasteiger partial charge on any atom is -0.297 e. The zero-order valence-corrected chi connectivity index (χ0v) is 7.27. The van der Waals surface area contributed by atoms with Crippen LogP contribution in [0.3, 0.4) is 0 Å². The van der Waals surface area contributed by atoms with E-state index in [0.717, 1.165) is 5.88 Å². The highest BCUT2D eigenvalue weighted by Gasteiger charge is 2.25. The van der Waals surface area contributed by atoms with Crippen LogP contribution in [0.1, 0.15) is 5.56 Å². The highest BCUT2D eigenvalue weighted by molar-refractivity contribution is 8.02. The van der Waals surface area contributed by atoms with Crippen molar-refractivity contribution < 1.29 is 0 Å². The van der Waals surface area contributed by atoms with Gasteiger partial charge in [0.2, 0.25) is 0 Å². The molecule has 12 heavy (non-hydrogen) atoms. The molecule has 2 aliphatic heterocycles. The SMILES string of the molecule is C1=C2c3ccccc3NN2CS1. The molecule has 0 fully saturated rings. The predicted molar refractivity (Wildman–Crippen MR) is 52.3 cm³/mol. The van der Waals surface area contributed by atoms with E-state index in [4.69, 9.17) is 0 Å². The number of nitrogens with zero attached hydrogens (tertiary/aromatic N) is 1. The third-order valence-corrected chi connectivity index (χ3v) is 2.95. The molecule has 0 spiro atoms. The van der Waals surface area contributed by atoms with Crippen LogP contribution >= 0.6 is 11.8 Å². The number of anilines is 1. The second-order valence-electron chi connectivity index (χ2n) is 2.88. The van der Waals surface area contributed by atoms with Crippen LogP contribution in [0, 0.1) is 0 Å². The zero-order chi connectivity index (χ0) is 7.97. The van der Waals surface area contributed by atoms with Gasteiger partial charge in [-0.2, -0.15) is 0 Å². The summed E-state index contributed by atoms with van der Waals surface area (Å²) in [7, 11) is 0. The van der Waals surface area contributed by atoms with Crippen LogP contribution in [0.5, 0.6) is 0 Å². The number of para-hydroxylation sites is 1. The number of fused-ring (bicyclic) bond motifs is 3. The highest BCUT2D eigenvalue weighted by atomic mass is 32.2. The Hall–Kier alpha value is -1.09. The van der Waals surface area contributed by atoms with E-state index in [9.17, 15) is 0 Å². The Kier molecular flexibility index (Phi) is 1.18. The van der Waals surface area contributed by atoms with Crippen LogP contribution in [0.25, 0.3) is 5.70 Å². The molecule has 2 heterocycles. The van der Waals surface area contributed by atoms with Crippen LogP contribution in [0.15, 0.2) is 29.7 Å². The van der Waals surface area contributed by atoms with Gasteiger partial charge in [0.25, 0.3) is 0 Å². The number of nitrogens with one attached hydrogen (secondary N) is 1. The molecule has 3 rings (SSSR count). The molecule has 0 radical (unpaired) electrons. The predicted octanol–water partition coefficient (Wildman–Crippen LogP) is 2.33. The van der Waals surface area contributed by atoms with Crippen molar-refractivity contribution >= 4 is 23.1 Å². The van der Waals surface area contributed by atoms with E-state index < -0.39 is 0 Å². The van der Waals surface area contributed by atoms with Crippen molar-refractivity contribution in [2.45, 2.75) is 0 Å². The molecule has 2 nitrogen and oxygen atoms in total. The second kappa shape index (κ2) is 2.20. The Balaban J connectivity index is 2.20. The lowest BCUT2D eigenvalue weighted by Gasteiger charge is -2.12.